The Morgan fingerprint density at radius 2 is 2.50 bits per heavy atom. The van der Waals surface area contributed by atoms with Crippen molar-refractivity contribution in [2.45, 2.75) is 18.1 Å². The van der Waals surface area contributed by atoms with Gasteiger partial charge in [-0.15, -0.1) is 11.8 Å². The summed E-state index contributed by atoms with van der Waals surface area (Å²) < 4.78 is 5.25. The zero-order chi connectivity index (χ0) is 8.55. The van der Waals surface area contributed by atoms with Crippen LogP contribution >= 0.6 is 11.8 Å². The highest BCUT2D eigenvalue weighted by molar-refractivity contribution is 8.04. The third kappa shape index (κ3) is 1.36. The fourth-order valence-corrected chi connectivity index (χ4v) is 2.75. The maximum absolute atomic E-state index is 10.7. The SMILES string of the molecule is O=C(O)C1CC2=C(CCOC2)S1. The van der Waals surface area contributed by atoms with Crippen molar-refractivity contribution < 1.29 is 14.6 Å². The summed E-state index contributed by atoms with van der Waals surface area (Å²) in [5, 5.41) is 8.52. The number of carboxylic acid groups (broad SMARTS) is 1. The third-order valence-corrected chi connectivity index (χ3v) is 3.57. The van der Waals surface area contributed by atoms with Crippen molar-refractivity contribution in [2.75, 3.05) is 13.2 Å². The smallest absolute Gasteiger partial charge is 0.317 e. The maximum Gasteiger partial charge on any atom is 0.317 e. The molecule has 2 aliphatic rings. The van der Waals surface area contributed by atoms with Crippen LogP contribution in [-0.4, -0.2) is 29.5 Å². The maximum atomic E-state index is 10.7. The van der Waals surface area contributed by atoms with Crippen LogP contribution in [0.3, 0.4) is 0 Å². The molecule has 0 aliphatic carbocycles. The summed E-state index contributed by atoms with van der Waals surface area (Å²) in [7, 11) is 0. The average molecular weight is 186 g/mol. The minimum atomic E-state index is -0.700. The summed E-state index contributed by atoms with van der Waals surface area (Å²) in [6.45, 7) is 1.39. The second-order valence-corrected chi connectivity index (χ2v) is 4.28. The molecule has 0 bridgehead atoms. The van der Waals surface area contributed by atoms with Crippen LogP contribution in [0, 0.1) is 0 Å². The van der Waals surface area contributed by atoms with E-state index < -0.39 is 5.97 Å². The Morgan fingerprint density at radius 1 is 1.67 bits per heavy atom. The Hall–Kier alpha value is -0.480. The number of hydrogen-bond donors (Lipinski definition) is 1. The standard InChI is InChI=1S/C8H10O3S/c9-8(10)7-3-5-4-11-2-1-6(5)12-7/h7H,1-4H2,(H,9,10). The summed E-state index contributed by atoms with van der Waals surface area (Å²) in [5.41, 5.74) is 1.21. The zero-order valence-corrected chi connectivity index (χ0v) is 7.39. The summed E-state index contributed by atoms with van der Waals surface area (Å²) in [6.07, 6.45) is 1.58. The van der Waals surface area contributed by atoms with Gasteiger partial charge in [0, 0.05) is 6.42 Å². The van der Waals surface area contributed by atoms with Gasteiger partial charge in [0.15, 0.2) is 0 Å². The summed E-state index contributed by atoms with van der Waals surface area (Å²) in [6, 6.07) is 0. The normalized spacial score (nSPS) is 28.8. The molecule has 66 valence electrons. The number of thioether (sulfide) groups is 1. The molecule has 0 aromatic carbocycles. The Morgan fingerprint density at radius 3 is 3.17 bits per heavy atom. The molecule has 1 unspecified atom stereocenters. The number of ether oxygens (including phenoxy) is 1. The molecule has 3 nitrogen and oxygen atoms in total. The summed E-state index contributed by atoms with van der Waals surface area (Å²) in [4.78, 5) is 11.9. The van der Waals surface area contributed by atoms with E-state index in [4.69, 9.17) is 9.84 Å². The van der Waals surface area contributed by atoms with Gasteiger partial charge in [-0.3, -0.25) is 4.79 Å². The molecular weight excluding hydrogens is 176 g/mol. The van der Waals surface area contributed by atoms with Gasteiger partial charge in [-0.05, 0) is 16.9 Å². The number of hydrogen-bond acceptors (Lipinski definition) is 3. The van der Waals surface area contributed by atoms with Gasteiger partial charge < -0.3 is 9.84 Å². The molecule has 1 N–H and O–H groups in total. The van der Waals surface area contributed by atoms with E-state index in [1.54, 1.807) is 0 Å². The second-order valence-electron chi connectivity index (χ2n) is 2.98. The van der Waals surface area contributed by atoms with Gasteiger partial charge in [0.2, 0.25) is 0 Å². The van der Waals surface area contributed by atoms with Crippen molar-refractivity contribution in [1.82, 2.24) is 0 Å². The van der Waals surface area contributed by atoms with Crippen LogP contribution in [0.1, 0.15) is 12.8 Å². The van der Waals surface area contributed by atoms with E-state index in [-0.39, 0.29) is 5.25 Å². The van der Waals surface area contributed by atoms with Gasteiger partial charge >= 0.3 is 5.97 Å². The molecule has 0 saturated heterocycles. The predicted molar refractivity (Wildman–Crippen MR) is 46.1 cm³/mol. The third-order valence-electron chi connectivity index (χ3n) is 2.14. The highest BCUT2D eigenvalue weighted by atomic mass is 32.2. The van der Waals surface area contributed by atoms with E-state index in [1.807, 2.05) is 0 Å². The molecule has 1 atom stereocenters. The Kier molecular flexibility index (Phi) is 2.11. The number of carbonyl (C=O) groups is 1. The quantitative estimate of drug-likeness (QED) is 0.669. The van der Waals surface area contributed by atoms with E-state index >= 15 is 0 Å². The van der Waals surface area contributed by atoms with E-state index in [9.17, 15) is 4.79 Å². The van der Waals surface area contributed by atoms with Crippen molar-refractivity contribution in [1.29, 1.82) is 0 Å². The van der Waals surface area contributed by atoms with Crippen LogP contribution in [0.25, 0.3) is 0 Å². The highest BCUT2D eigenvalue weighted by Gasteiger charge is 2.31. The van der Waals surface area contributed by atoms with Crippen LogP contribution in [0.4, 0.5) is 0 Å². The lowest BCUT2D eigenvalue weighted by Gasteiger charge is -2.12. The molecule has 2 rings (SSSR count). The Balaban J connectivity index is 2.07. The molecule has 0 radical (unpaired) electrons. The van der Waals surface area contributed by atoms with E-state index in [0.717, 1.165) is 13.0 Å². The fraction of sp³-hybridized carbons (Fsp3) is 0.625. The van der Waals surface area contributed by atoms with Crippen molar-refractivity contribution in [3.05, 3.63) is 10.5 Å². The first-order valence-corrected chi connectivity index (χ1v) is 4.83. The number of aliphatic carboxylic acids is 1. The van der Waals surface area contributed by atoms with E-state index in [0.29, 0.717) is 13.0 Å². The van der Waals surface area contributed by atoms with Gasteiger partial charge in [-0.2, -0.15) is 0 Å². The molecule has 2 aliphatic heterocycles. The molecular formula is C8H10O3S. The molecule has 4 heteroatoms. The van der Waals surface area contributed by atoms with Gasteiger partial charge in [-0.25, -0.2) is 0 Å². The van der Waals surface area contributed by atoms with Crippen molar-refractivity contribution >= 4 is 17.7 Å². The average Bonchev–Trinajstić information content (AvgIpc) is 2.46. The van der Waals surface area contributed by atoms with Crippen LogP contribution in [0.2, 0.25) is 0 Å². The molecule has 0 fully saturated rings. The zero-order valence-electron chi connectivity index (χ0n) is 6.58. The van der Waals surface area contributed by atoms with Gasteiger partial charge in [0.25, 0.3) is 0 Å². The minimum Gasteiger partial charge on any atom is -0.480 e. The predicted octanol–water partition coefficient (Wildman–Crippen LogP) is 1.25. The molecule has 2 heterocycles. The topological polar surface area (TPSA) is 46.5 Å². The lowest BCUT2D eigenvalue weighted by Crippen LogP contribution is -2.13. The molecule has 0 aromatic rings. The van der Waals surface area contributed by atoms with Crippen molar-refractivity contribution in [2.24, 2.45) is 0 Å². The second kappa shape index (κ2) is 3.11. The molecule has 0 spiro atoms. The van der Waals surface area contributed by atoms with Crippen molar-refractivity contribution in [3.63, 3.8) is 0 Å². The van der Waals surface area contributed by atoms with Crippen LogP contribution < -0.4 is 0 Å². The summed E-state index contributed by atoms with van der Waals surface area (Å²) >= 11 is 1.50. The van der Waals surface area contributed by atoms with E-state index in [1.165, 1.54) is 22.2 Å². The fourth-order valence-electron chi connectivity index (χ4n) is 1.51. The molecule has 0 aromatic heterocycles. The summed E-state index contributed by atoms with van der Waals surface area (Å²) in [5.74, 6) is -0.700. The van der Waals surface area contributed by atoms with E-state index in [2.05, 4.69) is 0 Å². The number of carboxylic acids is 1. The molecule has 0 amide bonds. The minimum absolute atomic E-state index is 0.253. The molecule has 12 heavy (non-hydrogen) atoms. The van der Waals surface area contributed by atoms with Crippen LogP contribution in [-0.2, 0) is 9.53 Å². The lowest BCUT2D eigenvalue weighted by atomic mass is 10.1. The first-order valence-electron chi connectivity index (χ1n) is 3.95. The molecule has 0 saturated carbocycles. The Labute approximate surface area is 74.8 Å². The van der Waals surface area contributed by atoms with Gasteiger partial charge in [-0.1, -0.05) is 0 Å². The first-order chi connectivity index (χ1) is 5.77. The highest BCUT2D eigenvalue weighted by Crippen LogP contribution is 2.41. The monoisotopic (exact) mass is 186 g/mol. The Bertz CT molecular complexity index is 229. The van der Waals surface area contributed by atoms with Crippen LogP contribution in [0.15, 0.2) is 10.5 Å². The van der Waals surface area contributed by atoms with Gasteiger partial charge in [0.05, 0.1) is 13.2 Å². The largest absolute Gasteiger partial charge is 0.480 e. The number of rotatable bonds is 1. The van der Waals surface area contributed by atoms with Crippen molar-refractivity contribution in [3.8, 4) is 0 Å². The van der Waals surface area contributed by atoms with Gasteiger partial charge in [0.1, 0.15) is 5.25 Å². The lowest BCUT2D eigenvalue weighted by molar-refractivity contribution is -0.136. The first kappa shape index (κ1) is 8.13. The van der Waals surface area contributed by atoms with Crippen LogP contribution in [0.5, 0.6) is 0 Å².